The van der Waals surface area contributed by atoms with Gasteiger partial charge in [0.05, 0.1) is 21.6 Å². The van der Waals surface area contributed by atoms with Crippen LogP contribution in [0.25, 0.3) is 10.9 Å². The maximum Gasteiger partial charge on any atom is 0.352 e. The van der Waals surface area contributed by atoms with Crippen LogP contribution in [0.1, 0.15) is 42.2 Å². The van der Waals surface area contributed by atoms with Crippen LogP contribution in [0.5, 0.6) is 0 Å². The van der Waals surface area contributed by atoms with Crippen molar-refractivity contribution in [3.05, 3.63) is 38.9 Å². The number of hydrogen-bond donors (Lipinski definition) is 2. The summed E-state index contributed by atoms with van der Waals surface area (Å²) in [7, 11) is 0. The number of benzene rings is 1. The van der Waals surface area contributed by atoms with Gasteiger partial charge in [-0.15, -0.1) is 12.4 Å². The van der Waals surface area contributed by atoms with Crippen molar-refractivity contribution in [2.24, 2.45) is 5.92 Å². The molecule has 0 amide bonds. The highest BCUT2D eigenvalue weighted by Gasteiger charge is 2.37. The minimum absolute atomic E-state index is 0. The summed E-state index contributed by atoms with van der Waals surface area (Å²) < 4.78 is 16.7. The van der Waals surface area contributed by atoms with Gasteiger partial charge in [0, 0.05) is 31.2 Å². The van der Waals surface area contributed by atoms with Crippen molar-refractivity contribution < 1.29 is 14.3 Å². The molecule has 3 fully saturated rings. The summed E-state index contributed by atoms with van der Waals surface area (Å²) in [5.41, 5.74) is 0.0135. The summed E-state index contributed by atoms with van der Waals surface area (Å²) in [6.07, 6.45) is 3.83. The molecule has 9 heteroatoms. The number of carboxylic acids is 1. The van der Waals surface area contributed by atoms with Crippen LogP contribution in [0.15, 0.2) is 16.9 Å². The molecule has 0 radical (unpaired) electrons. The number of aromatic nitrogens is 1. The Bertz CT molecular complexity index is 1040. The second kappa shape index (κ2) is 7.45. The lowest BCUT2D eigenvalue weighted by Crippen LogP contribution is -2.40. The molecule has 156 valence electrons. The van der Waals surface area contributed by atoms with E-state index in [1.54, 1.807) is 4.57 Å². The first-order valence-electron chi connectivity index (χ1n) is 9.74. The lowest BCUT2D eigenvalue weighted by molar-refractivity contribution is 0.0684. The van der Waals surface area contributed by atoms with Gasteiger partial charge >= 0.3 is 5.97 Å². The Kier molecular flexibility index (Phi) is 5.25. The van der Waals surface area contributed by atoms with Crippen LogP contribution in [-0.4, -0.2) is 41.3 Å². The standard InChI is InChI=1S/C20H21ClFN3O3.ClH/c21-17-18-12(16(26)7-15(20(27)28)25(18)11-3-4-11)6-13(22)19(17)24-8-10-2-1-5-23-14(10)9-24;/h6-7,10-11,14,23H,1-5,8-9H2,(H,27,28);1H/t10-,14+;/m1./s1. The van der Waals surface area contributed by atoms with Crippen molar-refractivity contribution in [3.8, 4) is 0 Å². The lowest BCUT2D eigenvalue weighted by atomic mass is 9.94. The van der Waals surface area contributed by atoms with Crippen molar-refractivity contribution in [3.63, 3.8) is 0 Å². The van der Waals surface area contributed by atoms with Crippen LogP contribution in [0.4, 0.5) is 10.1 Å². The zero-order valence-corrected chi connectivity index (χ0v) is 17.2. The van der Waals surface area contributed by atoms with E-state index in [-0.39, 0.29) is 40.2 Å². The zero-order valence-electron chi connectivity index (χ0n) is 15.7. The molecule has 1 saturated carbocycles. The predicted molar refractivity (Wildman–Crippen MR) is 112 cm³/mol. The van der Waals surface area contributed by atoms with Crippen molar-refractivity contribution in [2.45, 2.75) is 37.8 Å². The van der Waals surface area contributed by atoms with Gasteiger partial charge in [-0.25, -0.2) is 9.18 Å². The first-order valence-corrected chi connectivity index (χ1v) is 10.1. The maximum atomic E-state index is 15.1. The predicted octanol–water partition coefficient (Wildman–Crippen LogP) is 3.44. The molecule has 2 atom stereocenters. The minimum Gasteiger partial charge on any atom is -0.477 e. The highest BCUT2D eigenvalue weighted by atomic mass is 35.5. The van der Waals surface area contributed by atoms with E-state index >= 15 is 4.39 Å². The van der Waals surface area contributed by atoms with Gasteiger partial charge in [-0.3, -0.25) is 4.79 Å². The number of rotatable bonds is 3. The van der Waals surface area contributed by atoms with Crippen molar-refractivity contribution in [2.75, 3.05) is 24.5 Å². The van der Waals surface area contributed by atoms with E-state index in [0.29, 0.717) is 30.6 Å². The number of halogens is 3. The molecule has 2 aromatic rings. The van der Waals surface area contributed by atoms with Crippen LogP contribution in [0, 0.1) is 11.7 Å². The molecule has 29 heavy (non-hydrogen) atoms. The monoisotopic (exact) mass is 441 g/mol. The number of pyridine rings is 1. The second-order valence-corrected chi connectivity index (χ2v) is 8.46. The minimum atomic E-state index is -1.18. The van der Waals surface area contributed by atoms with Crippen molar-refractivity contribution >= 4 is 46.6 Å². The third-order valence-electron chi connectivity index (χ3n) is 6.25. The van der Waals surface area contributed by atoms with Gasteiger partial charge in [-0.1, -0.05) is 11.6 Å². The van der Waals surface area contributed by atoms with Gasteiger partial charge in [-0.05, 0) is 44.2 Å². The number of carbonyl (C=O) groups is 1. The average molecular weight is 442 g/mol. The van der Waals surface area contributed by atoms with E-state index in [1.165, 1.54) is 6.07 Å². The maximum absolute atomic E-state index is 15.1. The van der Waals surface area contributed by atoms with Crippen molar-refractivity contribution in [1.82, 2.24) is 9.88 Å². The van der Waals surface area contributed by atoms with Gasteiger partial charge in [-0.2, -0.15) is 0 Å². The number of hydrogen-bond acceptors (Lipinski definition) is 4. The molecule has 0 spiro atoms. The number of nitrogens with zero attached hydrogens (tertiary/aromatic N) is 2. The quantitative estimate of drug-likeness (QED) is 0.762. The molecular weight excluding hydrogens is 420 g/mol. The molecule has 3 heterocycles. The fourth-order valence-electron chi connectivity index (χ4n) is 4.81. The molecule has 5 rings (SSSR count). The van der Waals surface area contributed by atoms with Gasteiger partial charge in [0.2, 0.25) is 0 Å². The Balaban J connectivity index is 0.00000205. The highest BCUT2D eigenvalue weighted by Crippen LogP contribution is 2.44. The van der Waals surface area contributed by atoms with Gasteiger partial charge < -0.3 is 19.9 Å². The van der Waals surface area contributed by atoms with E-state index in [4.69, 9.17) is 11.6 Å². The summed E-state index contributed by atoms with van der Waals surface area (Å²) in [5, 5.41) is 13.4. The van der Waals surface area contributed by atoms with Crippen LogP contribution in [0.2, 0.25) is 5.02 Å². The molecule has 6 nitrogen and oxygen atoms in total. The van der Waals surface area contributed by atoms with Crippen LogP contribution in [-0.2, 0) is 0 Å². The van der Waals surface area contributed by atoms with E-state index < -0.39 is 17.2 Å². The van der Waals surface area contributed by atoms with E-state index in [9.17, 15) is 14.7 Å². The smallest absolute Gasteiger partial charge is 0.352 e. The Hall–Kier alpha value is -1.83. The Morgan fingerprint density at radius 2 is 2.00 bits per heavy atom. The Morgan fingerprint density at radius 3 is 2.66 bits per heavy atom. The fourth-order valence-corrected chi connectivity index (χ4v) is 5.21. The fraction of sp³-hybridized carbons (Fsp3) is 0.500. The average Bonchev–Trinajstić information content (AvgIpc) is 3.40. The molecule has 1 aromatic heterocycles. The van der Waals surface area contributed by atoms with Crippen molar-refractivity contribution in [1.29, 1.82) is 0 Å². The molecule has 0 unspecified atom stereocenters. The summed E-state index contributed by atoms with van der Waals surface area (Å²) in [6, 6.07) is 2.58. The first kappa shape index (κ1) is 20.4. The lowest BCUT2D eigenvalue weighted by Gasteiger charge is -2.24. The Labute approximate surface area is 178 Å². The zero-order chi connectivity index (χ0) is 19.6. The van der Waals surface area contributed by atoms with Gasteiger partial charge in [0.25, 0.3) is 0 Å². The molecule has 1 aromatic carbocycles. The van der Waals surface area contributed by atoms with Gasteiger partial charge in [0.1, 0.15) is 11.5 Å². The molecule has 2 N–H and O–H groups in total. The highest BCUT2D eigenvalue weighted by molar-refractivity contribution is 6.38. The molecule has 2 aliphatic heterocycles. The normalized spacial score (nSPS) is 23.7. The summed E-state index contributed by atoms with van der Waals surface area (Å²) in [6.45, 7) is 2.32. The molecule has 3 aliphatic rings. The van der Waals surface area contributed by atoms with Crippen LogP contribution >= 0.6 is 24.0 Å². The van der Waals surface area contributed by atoms with Crippen LogP contribution < -0.4 is 15.6 Å². The van der Waals surface area contributed by atoms with E-state index in [1.807, 2.05) is 4.90 Å². The molecule has 2 saturated heterocycles. The summed E-state index contributed by atoms with van der Waals surface area (Å²) in [5.74, 6) is -1.27. The SMILES string of the molecule is Cl.O=C(O)c1cc(=O)c2cc(F)c(N3C[C@H]4CCCN[C@H]4C3)c(Cl)c2n1C1CC1. The third-order valence-corrected chi connectivity index (χ3v) is 6.61. The third kappa shape index (κ3) is 3.29. The molecule has 1 aliphatic carbocycles. The topological polar surface area (TPSA) is 74.6 Å². The first-order chi connectivity index (χ1) is 13.5. The second-order valence-electron chi connectivity index (χ2n) is 8.09. The molecular formula is C20H22Cl2FN3O3. The largest absolute Gasteiger partial charge is 0.477 e. The van der Waals surface area contributed by atoms with E-state index in [0.717, 1.165) is 38.3 Å². The van der Waals surface area contributed by atoms with Crippen LogP contribution in [0.3, 0.4) is 0 Å². The Morgan fingerprint density at radius 1 is 1.24 bits per heavy atom. The number of piperidine rings is 1. The number of nitrogens with one attached hydrogen (secondary N) is 1. The number of fused-ring (bicyclic) bond motifs is 2. The number of anilines is 1. The van der Waals surface area contributed by atoms with Gasteiger partial charge in [0.15, 0.2) is 5.43 Å². The van der Waals surface area contributed by atoms with E-state index in [2.05, 4.69) is 5.32 Å². The summed E-state index contributed by atoms with van der Waals surface area (Å²) >= 11 is 6.70. The summed E-state index contributed by atoms with van der Waals surface area (Å²) in [4.78, 5) is 26.2. The number of aromatic carboxylic acids is 1. The molecule has 0 bridgehead atoms. The number of carboxylic acid groups (broad SMARTS) is 1.